The summed E-state index contributed by atoms with van der Waals surface area (Å²) in [7, 11) is 0. The fourth-order valence-corrected chi connectivity index (χ4v) is 3.76. The largest absolute Gasteiger partial charge is 0.378 e. The molecule has 0 radical (unpaired) electrons. The summed E-state index contributed by atoms with van der Waals surface area (Å²) in [5.74, 6) is 0.447. The van der Waals surface area contributed by atoms with Gasteiger partial charge in [0.15, 0.2) is 0 Å². The Balaban J connectivity index is 1.90. The number of nitrogens with zero attached hydrogens (tertiary/aromatic N) is 2. The molecule has 5 heteroatoms. The van der Waals surface area contributed by atoms with E-state index in [0.717, 1.165) is 25.3 Å². The first kappa shape index (κ1) is 15.9. The van der Waals surface area contributed by atoms with Gasteiger partial charge in [0.25, 0.3) is 0 Å². The van der Waals surface area contributed by atoms with Crippen LogP contribution in [0.5, 0.6) is 0 Å². The smallest absolute Gasteiger partial charge is 0.0829 e. The zero-order valence-electron chi connectivity index (χ0n) is 12.9. The van der Waals surface area contributed by atoms with Crippen LogP contribution in [0.2, 0.25) is 0 Å². The summed E-state index contributed by atoms with van der Waals surface area (Å²) in [5.41, 5.74) is 1.16. The summed E-state index contributed by atoms with van der Waals surface area (Å²) in [6.45, 7) is 8.49. The molecule has 1 N–H and O–H groups in total. The Morgan fingerprint density at radius 1 is 1.45 bits per heavy atom. The van der Waals surface area contributed by atoms with Crippen LogP contribution < -0.4 is 5.32 Å². The predicted octanol–water partition coefficient (Wildman–Crippen LogP) is 3.66. The van der Waals surface area contributed by atoms with Gasteiger partial charge < -0.3 is 10.1 Å². The van der Waals surface area contributed by atoms with E-state index in [1.54, 1.807) is 11.5 Å². The molecule has 0 bridgehead atoms. The molecular formula is C15H27N3OS. The first-order valence-corrected chi connectivity index (χ1v) is 8.66. The molecule has 1 fully saturated rings. The van der Waals surface area contributed by atoms with Crippen molar-refractivity contribution >= 4 is 11.5 Å². The molecule has 0 aromatic carbocycles. The molecule has 0 saturated carbocycles. The standard InChI is InChI=1S/C15H27N3OS/c1-4-16-13(9-5-7-12-8-6-10-19-12)15-14(11(2)3)17-18-20-15/h11-13,16H,4-10H2,1-3H3. The Bertz CT molecular complexity index is 388. The number of aromatic nitrogens is 2. The molecule has 1 aromatic rings. The Kier molecular flexibility index (Phi) is 6.39. The van der Waals surface area contributed by atoms with Gasteiger partial charge in [0.2, 0.25) is 0 Å². The van der Waals surface area contributed by atoms with Crippen molar-refractivity contribution in [2.75, 3.05) is 13.2 Å². The molecule has 0 amide bonds. The van der Waals surface area contributed by atoms with Crippen molar-refractivity contribution in [1.29, 1.82) is 0 Å². The highest BCUT2D eigenvalue weighted by molar-refractivity contribution is 7.05. The van der Waals surface area contributed by atoms with Gasteiger partial charge in [0.05, 0.1) is 16.7 Å². The number of hydrogen-bond donors (Lipinski definition) is 1. The first-order valence-electron chi connectivity index (χ1n) is 7.89. The number of hydrogen-bond acceptors (Lipinski definition) is 5. The van der Waals surface area contributed by atoms with E-state index in [1.165, 1.54) is 30.6 Å². The average Bonchev–Trinajstić information content (AvgIpc) is 3.08. The van der Waals surface area contributed by atoms with E-state index in [1.807, 2.05) is 0 Å². The van der Waals surface area contributed by atoms with E-state index in [9.17, 15) is 0 Å². The molecule has 4 nitrogen and oxygen atoms in total. The summed E-state index contributed by atoms with van der Waals surface area (Å²) in [6, 6.07) is 0.402. The van der Waals surface area contributed by atoms with Crippen LogP contribution in [0.15, 0.2) is 0 Å². The second-order valence-electron chi connectivity index (χ2n) is 5.85. The molecule has 2 heterocycles. The molecule has 1 aliphatic rings. The SMILES string of the molecule is CCNC(CCCC1CCCO1)c1snnc1C(C)C. The Hall–Kier alpha value is -0.520. The predicted molar refractivity (Wildman–Crippen MR) is 83.2 cm³/mol. The van der Waals surface area contributed by atoms with Crippen molar-refractivity contribution in [2.45, 2.75) is 70.9 Å². The minimum Gasteiger partial charge on any atom is -0.378 e. The van der Waals surface area contributed by atoms with Gasteiger partial charge in [-0.2, -0.15) is 0 Å². The van der Waals surface area contributed by atoms with Crippen molar-refractivity contribution in [1.82, 2.24) is 14.9 Å². The first-order chi connectivity index (χ1) is 9.72. The Labute approximate surface area is 126 Å². The zero-order valence-corrected chi connectivity index (χ0v) is 13.7. The van der Waals surface area contributed by atoms with Gasteiger partial charge in [-0.1, -0.05) is 25.3 Å². The zero-order chi connectivity index (χ0) is 14.4. The van der Waals surface area contributed by atoms with Crippen LogP contribution in [0.1, 0.15) is 75.4 Å². The van der Waals surface area contributed by atoms with Crippen LogP contribution in [0, 0.1) is 0 Å². The van der Waals surface area contributed by atoms with Gasteiger partial charge in [-0.05, 0) is 56.1 Å². The molecule has 2 atom stereocenters. The topological polar surface area (TPSA) is 47.0 Å². The van der Waals surface area contributed by atoms with E-state index in [2.05, 4.69) is 35.7 Å². The highest BCUT2D eigenvalue weighted by Gasteiger charge is 2.21. The number of nitrogens with one attached hydrogen (secondary N) is 1. The number of rotatable bonds is 8. The fraction of sp³-hybridized carbons (Fsp3) is 0.867. The maximum Gasteiger partial charge on any atom is 0.0829 e. The third kappa shape index (κ3) is 4.24. The molecule has 0 aliphatic carbocycles. The summed E-state index contributed by atoms with van der Waals surface area (Å²) >= 11 is 1.55. The van der Waals surface area contributed by atoms with Crippen molar-refractivity contribution in [3.05, 3.63) is 10.6 Å². The summed E-state index contributed by atoms with van der Waals surface area (Å²) in [5, 5.41) is 7.90. The lowest BCUT2D eigenvalue weighted by Crippen LogP contribution is -2.21. The highest BCUT2D eigenvalue weighted by Crippen LogP contribution is 2.30. The van der Waals surface area contributed by atoms with Crippen LogP contribution in [-0.2, 0) is 4.74 Å². The maximum atomic E-state index is 5.70. The van der Waals surface area contributed by atoms with Gasteiger partial charge in [0.1, 0.15) is 0 Å². The van der Waals surface area contributed by atoms with Crippen molar-refractivity contribution in [2.24, 2.45) is 0 Å². The second kappa shape index (κ2) is 8.05. The van der Waals surface area contributed by atoms with Gasteiger partial charge in [-0.15, -0.1) is 5.10 Å². The van der Waals surface area contributed by atoms with E-state index in [4.69, 9.17) is 4.74 Å². The monoisotopic (exact) mass is 297 g/mol. The Morgan fingerprint density at radius 3 is 2.95 bits per heavy atom. The molecule has 1 aliphatic heterocycles. The van der Waals surface area contributed by atoms with Crippen LogP contribution in [0.4, 0.5) is 0 Å². The summed E-state index contributed by atoms with van der Waals surface area (Å²) in [4.78, 5) is 1.33. The van der Waals surface area contributed by atoms with Crippen LogP contribution in [0.3, 0.4) is 0 Å². The molecule has 1 saturated heterocycles. The van der Waals surface area contributed by atoms with Gasteiger partial charge >= 0.3 is 0 Å². The lowest BCUT2D eigenvalue weighted by molar-refractivity contribution is 0.101. The minimum absolute atomic E-state index is 0.402. The highest BCUT2D eigenvalue weighted by atomic mass is 32.1. The molecule has 2 unspecified atom stereocenters. The molecule has 114 valence electrons. The lowest BCUT2D eigenvalue weighted by Gasteiger charge is -2.19. The van der Waals surface area contributed by atoms with Gasteiger partial charge in [-0.3, -0.25) is 0 Å². The lowest BCUT2D eigenvalue weighted by atomic mass is 10.0. The molecule has 2 rings (SSSR count). The quantitative estimate of drug-likeness (QED) is 0.795. The Morgan fingerprint density at radius 2 is 2.30 bits per heavy atom. The second-order valence-corrected chi connectivity index (χ2v) is 6.64. The fourth-order valence-electron chi connectivity index (χ4n) is 2.84. The van der Waals surface area contributed by atoms with E-state index in [0.29, 0.717) is 18.1 Å². The van der Waals surface area contributed by atoms with E-state index >= 15 is 0 Å². The third-order valence-corrected chi connectivity index (χ3v) is 4.75. The summed E-state index contributed by atoms with van der Waals surface area (Å²) < 4.78 is 9.86. The van der Waals surface area contributed by atoms with E-state index < -0.39 is 0 Å². The van der Waals surface area contributed by atoms with Crippen molar-refractivity contribution in [3.63, 3.8) is 0 Å². The van der Waals surface area contributed by atoms with E-state index in [-0.39, 0.29) is 0 Å². The molecular weight excluding hydrogens is 270 g/mol. The molecule has 20 heavy (non-hydrogen) atoms. The van der Waals surface area contributed by atoms with Gasteiger partial charge in [0, 0.05) is 12.6 Å². The normalized spacial score (nSPS) is 20.7. The minimum atomic E-state index is 0.402. The maximum absolute atomic E-state index is 5.70. The average molecular weight is 297 g/mol. The van der Waals surface area contributed by atoms with Crippen LogP contribution in [0.25, 0.3) is 0 Å². The molecule has 1 aromatic heterocycles. The van der Waals surface area contributed by atoms with Crippen molar-refractivity contribution < 1.29 is 4.74 Å². The third-order valence-electron chi connectivity index (χ3n) is 3.90. The van der Waals surface area contributed by atoms with Crippen LogP contribution in [-0.4, -0.2) is 28.8 Å². The number of ether oxygens (including phenoxy) is 1. The summed E-state index contributed by atoms with van der Waals surface area (Å²) in [6.07, 6.45) is 6.52. The van der Waals surface area contributed by atoms with Crippen molar-refractivity contribution in [3.8, 4) is 0 Å². The van der Waals surface area contributed by atoms with Gasteiger partial charge in [-0.25, -0.2) is 0 Å². The van der Waals surface area contributed by atoms with Crippen LogP contribution >= 0.6 is 11.5 Å². The molecule has 0 spiro atoms.